The van der Waals surface area contributed by atoms with Gasteiger partial charge in [0.05, 0.1) is 12.0 Å². The Balaban J connectivity index is 2.12. The molecule has 3 atom stereocenters. The highest BCUT2D eigenvalue weighted by Gasteiger charge is 2.55. The number of likely N-dealkylation sites (tertiary alicyclic amines) is 1. The van der Waals surface area contributed by atoms with E-state index in [4.69, 9.17) is 4.74 Å². The summed E-state index contributed by atoms with van der Waals surface area (Å²) in [6.45, 7) is 7.99. The third-order valence-electron chi connectivity index (χ3n) is 5.59. The van der Waals surface area contributed by atoms with E-state index in [9.17, 15) is 14.7 Å². The maximum Gasteiger partial charge on any atom is 0.311 e. The zero-order valence-electron chi connectivity index (χ0n) is 13.3. The highest BCUT2D eigenvalue weighted by atomic mass is 16.5. The summed E-state index contributed by atoms with van der Waals surface area (Å²) >= 11 is 0. The number of carbonyl (C=O) groups excluding carboxylic acids is 1. The summed E-state index contributed by atoms with van der Waals surface area (Å²) in [7, 11) is 0. The van der Waals surface area contributed by atoms with Crippen LogP contribution in [-0.2, 0) is 14.3 Å². The van der Waals surface area contributed by atoms with Crippen molar-refractivity contribution in [3.63, 3.8) is 0 Å². The summed E-state index contributed by atoms with van der Waals surface area (Å²) < 4.78 is 5.44. The monoisotopic (exact) mass is 297 g/mol. The molecule has 0 spiro atoms. The number of amides is 1. The van der Waals surface area contributed by atoms with Crippen LogP contribution in [-0.4, -0.2) is 48.2 Å². The fourth-order valence-corrected chi connectivity index (χ4v) is 3.95. The van der Waals surface area contributed by atoms with Crippen molar-refractivity contribution in [2.45, 2.75) is 40.0 Å². The lowest BCUT2D eigenvalue weighted by atomic mass is 9.74. The van der Waals surface area contributed by atoms with Crippen LogP contribution in [0.1, 0.15) is 40.0 Å². The molecule has 2 aliphatic heterocycles. The first kappa shape index (κ1) is 16.3. The van der Waals surface area contributed by atoms with E-state index in [1.165, 1.54) is 0 Å². The fourth-order valence-electron chi connectivity index (χ4n) is 3.95. The lowest BCUT2D eigenvalue weighted by molar-refractivity contribution is -0.157. The van der Waals surface area contributed by atoms with Crippen LogP contribution in [0.15, 0.2) is 0 Å². The van der Waals surface area contributed by atoms with Gasteiger partial charge in [-0.2, -0.15) is 0 Å². The minimum Gasteiger partial charge on any atom is -0.481 e. The number of hydrogen-bond acceptors (Lipinski definition) is 3. The average molecular weight is 297 g/mol. The molecule has 1 N–H and O–H groups in total. The number of ether oxygens (including phenoxy) is 1. The molecular formula is C16H27NO4. The average Bonchev–Trinajstić information content (AvgIpc) is 2.88. The number of aliphatic carboxylic acids is 1. The Kier molecular flexibility index (Phi) is 4.91. The standard InChI is InChI=1S/C16H27NO4/c1-4-12(5-2)11(3)14(18)17-8-13-9-21-7-6-16(13,10-17)15(19)20/h11-13H,4-10H2,1-3H3,(H,19,20)/t11?,13-,16+/m0/s1. The second kappa shape index (κ2) is 6.34. The molecule has 2 aliphatic rings. The Morgan fingerprint density at radius 1 is 1.38 bits per heavy atom. The van der Waals surface area contributed by atoms with Crippen molar-refractivity contribution in [3.8, 4) is 0 Å². The number of hydrogen-bond donors (Lipinski definition) is 1. The van der Waals surface area contributed by atoms with Crippen molar-refractivity contribution in [1.82, 2.24) is 4.90 Å². The van der Waals surface area contributed by atoms with Crippen molar-refractivity contribution in [1.29, 1.82) is 0 Å². The van der Waals surface area contributed by atoms with E-state index in [1.54, 1.807) is 4.90 Å². The molecule has 21 heavy (non-hydrogen) atoms. The van der Waals surface area contributed by atoms with Gasteiger partial charge in [0, 0.05) is 31.5 Å². The van der Waals surface area contributed by atoms with Crippen LogP contribution >= 0.6 is 0 Å². The van der Waals surface area contributed by atoms with Crippen molar-refractivity contribution in [2.24, 2.45) is 23.2 Å². The molecule has 0 bridgehead atoms. The minimum absolute atomic E-state index is 0.0353. The topological polar surface area (TPSA) is 66.8 Å². The van der Waals surface area contributed by atoms with Crippen LogP contribution in [0.4, 0.5) is 0 Å². The summed E-state index contributed by atoms with van der Waals surface area (Å²) in [5, 5.41) is 9.65. The highest BCUT2D eigenvalue weighted by molar-refractivity contribution is 5.82. The van der Waals surface area contributed by atoms with Crippen molar-refractivity contribution < 1.29 is 19.4 Å². The van der Waals surface area contributed by atoms with E-state index < -0.39 is 11.4 Å². The van der Waals surface area contributed by atoms with E-state index in [-0.39, 0.29) is 17.7 Å². The van der Waals surface area contributed by atoms with Crippen LogP contribution in [0.5, 0.6) is 0 Å². The van der Waals surface area contributed by atoms with Crippen LogP contribution < -0.4 is 0 Å². The first-order valence-electron chi connectivity index (χ1n) is 8.06. The van der Waals surface area contributed by atoms with Gasteiger partial charge in [0.1, 0.15) is 0 Å². The van der Waals surface area contributed by atoms with Gasteiger partial charge in [0.25, 0.3) is 0 Å². The second-order valence-electron chi connectivity index (χ2n) is 6.57. The molecule has 0 radical (unpaired) electrons. The minimum atomic E-state index is -0.790. The Morgan fingerprint density at radius 3 is 2.57 bits per heavy atom. The van der Waals surface area contributed by atoms with Crippen LogP contribution in [0.2, 0.25) is 0 Å². The molecule has 5 heteroatoms. The molecule has 0 saturated carbocycles. The predicted octanol–water partition coefficient (Wildman–Crippen LogP) is 2.01. The van der Waals surface area contributed by atoms with Gasteiger partial charge in [-0.3, -0.25) is 9.59 Å². The first-order valence-corrected chi connectivity index (χ1v) is 8.06. The van der Waals surface area contributed by atoms with Gasteiger partial charge in [-0.25, -0.2) is 0 Å². The number of nitrogens with zero attached hydrogens (tertiary/aromatic N) is 1. The molecular weight excluding hydrogens is 270 g/mol. The summed E-state index contributed by atoms with van der Waals surface area (Å²) in [6, 6.07) is 0. The molecule has 0 aromatic heterocycles. The van der Waals surface area contributed by atoms with Gasteiger partial charge in [-0.1, -0.05) is 33.6 Å². The summed E-state index contributed by atoms with van der Waals surface area (Å²) in [5.74, 6) is -0.398. The lowest BCUT2D eigenvalue weighted by Gasteiger charge is -2.34. The highest BCUT2D eigenvalue weighted by Crippen LogP contribution is 2.43. The number of fused-ring (bicyclic) bond motifs is 1. The molecule has 2 rings (SSSR count). The summed E-state index contributed by atoms with van der Waals surface area (Å²) in [6.07, 6.45) is 2.47. The van der Waals surface area contributed by atoms with E-state index in [0.717, 1.165) is 12.8 Å². The molecule has 1 unspecified atom stereocenters. The van der Waals surface area contributed by atoms with Gasteiger partial charge in [-0.15, -0.1) is 0 Å². The van der Waals surface area contributed by atoms with Crippen molar-refractivity contribution >= 4 is 11.9 Å². The zero-order chi connectivity index (χ0) is 15.6. The normalized spacial score (nSPS) is 30.3. The first-order chi connectivity index (χ1) is 9.96. The van der Waals surface area contributed by atoms with Crippen molar-refractivity contribution in [3.05, 3.63) is 0 Å². The number of carboxylic acid groups (broad SMARTS) is 1. The van der Waals surface area contributed by atoms with Crippen molar-refractivity contribution in [2.75, 3.05) is 26.3 Å². The lowest BCUT2D eigenvalue weighted by Crippen LogP contribution is -2.45. The Hall–Kier alpha value is -1.10. The molecule has 2 saturated heterocycles. The Morgan fingerprint density at radius 2 is 2.05 bits per heavy atom. The molecule has 5 nitrogen and oxygen atoms in total. The van der Waals surface area contributed by atoms with Gasteiger partial charge < -0.3 is 14.7 Å². The van der Waals surface area contributed by atoms with Gasteiger partial charge >= 0.3 is 5.97 Å². The fraction of sp³-hybridized carbons (Fsp3) is 0.875. The maximum atomic E-state index is 12.7. The third kappa shape index (κ3) is 2.80. The van der Waals surface area contributed by atoms with E-state index in [0.29, 0.717) is 38.6 Å². The van der Waals surface area contributed by atoms with Gasteiger partial charge in [0.2, 0.25) is 5.91 Å². The van der Waals surface area contributed by atoms with Crippen LogP contribution in [0.25, 0.3) is 0 Å². The smallest absolute Gasteiger partial charge is 0.311 e. The molecule has 2 heterocycles. The SMILES string of the molecule is CCC(CC)C(C)C(=O)N1C[C@H]2COCC[C@@]2(C(=O)O)C1. The molecule has 1 amide bonds. The molecule has 2 fully saturated rings. The van der Waals surface area contributed by atoms with Gasteiger partial charge in [0.15, 0.2) is 0 Å². The Bertz CT molecular complexity index is 407. The Labute approximate surface area is 126 Å². The summed E-state index contributed by atoms with van der Waals surface area (Å²) in [5.41, 5.74) is -0.790. The number of rotatable bonds is 5. The number of carboxylic acids is 1. The van der Waals surface area contributed by atoms with Crippen LogP contribution in [0, 0.1) is 23.2 Å². The molecule has 0 aliphatic carbocycles. The second-order valence-corrected chi connectivity index (χ2v) is 6.57. The van der Waals surface area contributed by atoms with E-state index in [2.05, 4.69) is 13.8 Å². The summed E-state index contributed by atoms with van der Waals surface area (Å²) in [4.78, 5) is 26.2. The van der Waals surface area contributed by atoms with Gasteiger partial charge in [-0.05, 0) is 12.3 Å². The zero-order valence-corrected chi connectivity index (χ0v) is 13.3. The van der Waals surface area contributed by atoms with E-state index >= 15 is 0 Å². The maximum absolute atomic E-state index is 12.7. The predicted molar refractivity (Wildman–Crippen MR) is 78.8 cm³/mol. The largest absolute Gasteiger partial charge is 0.481 e. The van der Waals surface area contributed by atoms with E-state index in [1.807, 2.05) is 6.92 Å². The third-order valence-corrected chi connectivity index (χ3v) is 5.59. The molecule has 0 aromatic rings. The quantitative estimate of drug-likeness (QED) is 0.843. The number of carbonyl (C=O) groups is 2. The van der Waals surface area contributed by atoms with Crippen LogP contribution in [0.3, 0.4) is 0 Å². The molecule has 0 aromatic carbocycles. The molecule has 120 valence electrons.